The van der Waals surface area contributed by atoms with Gasteiger partial charge in [-0.15, -0.1) is 0 Å². The predicted molar refractivity (Wildman–Crippen MR) is 114 cm³/mol. The summed E-state index contributed by atoms with van der Waals surface area (Å²) < 4.78 is 78.8. The fourth-order valence-electron chi connectivity index (χ4n) is 3.66. The number of nitrogens with one attached hydrogen (secondary N) is 1. The van der Waals surface area contributed by atoms with Gasteiger partial charge in [-0.1, -0.05) is 19.1 Å². The van der Waals surface area contributed by atoms with Crippen molar-refractivity contribution in [1.29, 1.82) is 0 Å². The number of alkyl halides is 3. The maximum absolute atomic E-state index is 14.0. The monoisotopic (exact) mass is 490 g/mol. The molecule has 0 radical (unpaired) electrons. The Morgan fingerprint density at radius 3 is 2.36 bits per heavy atom. The lowest BCUT2D eigenvalue weighted by Gasteiger charge is -2.35. The Morgan fingerprint density at radius 1 is 1.21 bits per heavy atom. The Morgan fingerprint density at radius 2 is 1.82 bits per heavy atom. The van der Waals surface area contributed by atoms with E-state index in [0.717, 1.165) is 0 Å². The number of anilines is 1. The van der Waals surface area contributed by atoms with Crippen molar-refractivity contribution in [3.63, 3.8) is 0 Å². The Kier molecular flexibility index (Phi) is 7.50. The molecule has 1 N–H and O–H groups in total. The first-order valence-electron chi connectivity index (χ1n) is 10.4. The van der Waals surface area contributed by atoms with Crippen LogP contribution in [0.5, 0.6) is 5.88 Å². The van der Waals surface area contributed by atoms with Crippen LogP contribution in [0.4, 0.5) is 23.8 Å². The lowest BCUT2D eigenvalue weighted by molar-refractivity contribution is -0.214. The standard InChI is InChI=1S/C20H25F3N4O5S/c1-3-12-33(29,30)26-17-18(25-15-7-5-4-6-14(15)24-17)32-16(20(21,22)23)13-8-10-27(11-9-13)19(28)31-2/h4-7,13,16H,3,8-12H2,1-2H3,(H,24,26). The summed E-state index contributed by atoms with van der Waals surface area (Å²) in [5, 5.41) is 0. The maximum atomic E-state index is 14.0. The fraction of sp³-hybridized carbons (Fsp3) is 0.550. The highest BCUT2D eigenvalue weighted by Crippen LogP contribution is 2.37. The molecule has 1 atom stereocenters. The summed E-state index contributed by atoms with van der Waals surface area (Å²) in [6.45, 7) is 1.81. The van der Waals surface area contributed by atoms with Crippen molar-refractivity contribution in [2.75, 3.05) is 30.7 Å². The average Bonchev–Trinajstić information content (AvgIpc) is 2.76. The number of carbonyl (C=O) groups is 1. The highest BCUT2D eigenvalue weighted by molar-refractivity contribution is 7.92. The normalized spacial score (nSPS) is 16.5. The third-order valence-corrected chi connectivity index (χ3v) is 6.68. The quantitative estimate of drug-likeness (QED) is 0.632. The number of benzene rings is 1. The van der Waals surface area contributed by atoms with E-state index in [-0.39, 0.29) is 37.2 Å². The molecule has 1 aromatic heterocycles. The Hall–Kier alpha value is -2.83. The molecule has 3 rings (SSSR count). The summed E-state index contributed by atoms with van der Waals surface area (Å²) in [5.74, 6) is -2.16. The topological polar surface area (TPSA) is 111 Å². The first-order valence-corrected chi connectivity index (χ1v) is 12.0. The zero-order valence-corrected chi connectivity index (χ0v) is 18.9. The number of nitrogens with zero attached hydrogens (tertiary/aromatic N) is 3. The summed E-state index contributed by atoms with van der Waals surface area (Å²) >= 11 is 0. The van der Waals surface area contributed by atoms with Crippen LogP contribution >= 0.6 is 0 Å². The minimum absolute atomic E-state index is 0.0250. The van der Waals surface area contributed by atoms with Gasteiger partial charge in [0.2, 0.25) is 15.8 Å². The average molecular weight is 491 g/mol. The fourth-order valence-corrected chi connectivity index (χ4v) is 4.73. The van der Waals surface area contributed by atoms with Crippen molar-refractivity contribution in [2.45, 2.75) is 38.5 Å². The molecule has 0 spiro atoms. The van der Waals surface area contributed by atoms with Crippen molar-refractivity contribution < 1.29 is 35.9 Å². The second kappa shape index (κ2) is 9.98. The van der Waals surface area contributed by atoms with Crippen LogP contribution in [0.25, 0.3) is 11.0 Å². The largest absolute Gasteiger partial charge is 0.462 e. The zero-order chi connectivity index (χ0) is 24.2. The third-order valence-electron chi connectivity index (χ3n) is 5.23. The molecule has 2 heterocycles. The van der Waals surface area contributed by atoms with Crippen LogP contribution in [-0.2, 0) is 14.8 Å². The molecule has 33 heavy (non-hydrogen) atoms. The molecule has 2 aromatic rings. The highest BCUT2D eigenvalue weighted by Gasteiger charge is 2.48. The van der Waals surface area contributed by atoms with Gasteiger partial charge >= 0.3 is 12.3 Å². The van der Waals surface area contributed by atoms with E-state index in [4.69, 9.17) is 4.74 Å². The van der Waals surface area contributed by atoms with Crippen LogP contribution in [0.2, 0.25) is 0 Å². The minimum atomic E-state index is -4.76. The molecule has 1 aromatic carbocycles. The molecular weight excluding hydrogens is 465 g/mol. The van der Waals surface area contributed by atoms with E-state index in [1.165, 1.54) is 18.1 Å². The van der Waals surface area contributed by atoms with E-state index in [9.17, 15) is 26.4 Å². The number of aromatic nitrogens is 2. The number of sulfonamides is 1. The van der Waals surface area contributed by atoms with Crippen LogP contribution < -0.4 is 9.46 Å². The van der Waals surface area contributed by atoms with Crippen molar-refractivity contribution in [3.05, 3.63) is 24.3 Å². The number of halogens is 3. The maximum Gasteiger partial charge on any atom is 0.425 e. The van der Waals surface area contributed by atoms with Crippen molar-refractivity contribution >= 4 is 33.0 Å². The lowest BCUT2D eigenvalue weighted by Crippen LogP contribution is -2.47. The van der Waals surface area contributed by atoms with Gasteiger partial charge in [0.25, 0.3) is 5.88 Å². The molecule has 1 aliphatic rings. The van der Waals surface area contributed by atoms with E-state index >= 15 is 0 Å². The van der Waals surface area contributed by atoms with Gasteiger partial charge in [0.1, 0.15) is 0 Å². The van der Waals surface area contributed by atoms with Gasteiger partial charge in [-0.05, 0) is 31.4 Å². The predicted octanol–water partition coefficient (Wildman–Crippen LogP) is 3.57. The van der Waals surface area contributed by atoms with Crippen LogP contribution in [0.15, 0.2) is 24.3 Å². The first kappa shape index (κ1) is 24.8. The van der Waals surface area contributed by atoms with Gasteiger partial charge in [-0.3, -0.25) is 4.72 Å². The van der Waals surface area contributed by atoms with Gasteiger partial charge in [-0.2, -0.15) is 13.2 Å². The number of ether oxygens (including phenoxy) is 2. The molecule has 0 saturated carbocycles. The van der Waals surface area contributed by atoms with Gasteiger partial charge < -0.3 is 14.4 Å². The summed E-state index contributed by atoms with van der Waals surface area (Å²) in [4.78, 5) is 21.3. The van der Waals surface area contributed by atoms with Crippen LogP contribution in [-0.4, -0.2) is 67.6 Å². The SMILES string of the molecule is CCCS(=O)(=O)Nc1nc2ccccc2nc1OC(C1CCN(C(=O)OC)CC1)C(F)(F)F. The molecule has 0 aliphatic carbocycles. The van der Waals surface area contributed by atoms with Crippen molar-refractivity contribution in [2.24, 2.45) is 5.92 Å². The number of para-hydroxylation sites is 2. The van der Waals surface area contributed by atoms with Crippen molar-refractivity contribution in [1.82, 2.24) is 14.9 Å². The molecule has 1 saturated heterocycles. The Bertz CT molecular complexity index is 1090. The third kappa shape index (κ3) is 6.15. The minimum Gasteiger partial charge on any atom is -0.462 e. The first-order chi connectivity index (χ1) is 15.5. The number of methoxy groups -OCH3 is 1. The number of likely N-dealkylation sites (tertiary alicyclic amines) is 1. The molecule has 182 valence electrons. The second-order valence-electron chi connectivity index (χ2n) is 7.66. The number of amides is 1. The zero-order valence-electron chi connectivity index (χ0n) is 18.1. The van der Waals surface area contributed by atoms with Gasteiger partial charge in [0.15, 0.2) is 6.10 Å². The number of hydrogen-bond acceptors (Lipinski definition) is 7. The summed E-state index contributed by atoms with van der Waals surface area (Å²) in [6.07, 6.45) is -7.27. The van der Waals surface area contributed by atoms with E-state index < -0.39 is 46.0 Å². The Labute approximate surface area is 189 Å². The van der Waals surface area contributed by atoms with Gasteiger partial charge in [0, 0.05) is 19.0 Å². The molecule has 1 aliphatic heterocycles. The van der Waals surface area contributed by atoms with Crippen LogP contribution in [0.1, 0.15) is 26.2 Å². The number of hydrogen-bond donors (Lipinski definition) is 1. The number of fused-ring (bicyclic) bond motifs is 1. The second-order valence-corrected chi connectivity index (χ2v) is 9.50. The van der Waals surface area contributed by atoms with E-state index in [1.807, 2.05) is 0 Å². The van der Waals surface area contributed by atoms with E-state index in [2.05, 4.69) is 19.4 Å². The Balaban J connectivity index is 1.93. The molecule has 13 heteroatoms. The summed E-state index contributed by atoms with van der Waals surface area (Å²) in [5.41, 5.74) is 0.557. The lowest BCUT2D eigenvalue weighted by atomic mass is 9.91. The molecular formula is C20H25F3N4O5S. The molecule has 0 bridgehead atoms. The highest BCUT2D eigenvalue weighted by atomic mass is 32.2. The smallest absolute Gasteiger partial charge is 0.425 e. The molecule has 1 unspecified atom stereocenters. The molecule has 9 nitrogen and oxygen atoms in total. The van der Waals surface area contributed by atoms with Gasteiger partial charge in [0.05, 0.1) is 23.9 Å². The van der Waals surface area contributed by atoms with E-state index in [0.29, 0.717) is 11.9 Å². The van der Waals surface area contributed by atoms with Crippen LogP contribution in [0.3, 0.4) is 0 Å². The number of carbonyl (C=O) groups excluding carboxylic acids is 1. The molecule has 1 fully saturated rings. The number of rotatable bonds is 7. The number of piperidine rings is 1. The molecule has 1 amide bonds. The van der Waals surface area contributed by atoms with Gasteiger partial charge in [-0.25, -0.2) is 23.2 Å². The summed E-state index contributed by atoms with van der Waals surface area (Å²) in [6, 6.07) is 6.38. The van der Waals surface area contributed by atoms with E-state index in [1.54, 1.807) is 25.1 Å². The van der Waals surface area contributed by atoms with Crippen LogP contribution in [0, 0.1) is 5.92 Å². The summed E-state index contributed by atoms with van der Waals surface area (Å²) in [7, 11) is -2.66. The van der Waals surface area contributed by atoms with Crippen molar-refractivity contribution in [3.8, 4) is 5.88 Å².